The Morgan fingerprint density at radius 3 is 1.45 bits per heavy atom. The first-order valence-electron chi connectivity index (χ1n) is 22.9. The molecule has 2 aliphatic carbocycles. The zero-order valence-electron chi connectivity index (χ0n) is 36.7. The Balaban J connectivity index is 1.11. The molecule has 0 amide bonds. The highest BCUT2D eigenvalue weighted by molar-refractivity contribution is 6.14. The lowest BCUT2D eigenvalue weighted by atomic mass is 9.55. The molecule has 2 aliphatic rings. The molecule has 11 aromatic rings. The summed E-state index contributed by atoms with van der Waals surface area (Å²) in [7, 11) is 0. The maximum atomic E-state index is 5.43. The predicted molar refractivity (Wildman–Crippen MR) is 271 cm³/mol. The van der Waals surface area contributed by atoms with Gasteiger partial charge in [0.1, 0.15) is 0 Å². The Morgan fingerprint density at radius 2 is 0.773 bits per heavy atom. The molecule has 1 heterocycles. The Bertz CT molecular complexity index is 3670. The number of aromatic nitrogens is 3. The van der Waals surface area contributed by atoms with Crippen molar-refractivity contribution in [2.45, 2.75) is 24.7 Å². The van der Waals surface area contributed by atoms with Crippen LogP contribution in [0.15, 0.2) is 224 Å². The van der Waals surface area contributed by atoms with Gasteiger partial charge in [-0.05, 0) is 100 Å². The van der Waals surface area contributed by atoms with E-state index in [4.69, 9.17) is 15.0 Å². The number of benzene rings is 10. The van der Waals surface area contributed by atoms with Crippen molar-refractivity contribution in [3.63, 3.8) is 0 Å². The van der Waals surface area contributed by atoms with Gasteiger partial charge in [-0.1, -0.05) is 226 Å². The highest BCUT2D eigenvalue weighted by Crippen LogP contribution is 2.63. The van der Waals surface area contributed by atoms with Gasteiger partial charge in [-0.3, -0.25) is 0 Å². The number of rotatable bonds is 5. The van der Waals surface area contributed by atoms with Crippen LogP contribution in [-0.2, 0) is 10.8 Å². The van der Waals surface area contributed by atoms with Crippen LogP contribution in [0.1, 0.15) is 47.2 Å². The Kier molecular flexibility index (Phi) is 8.47. The van der Waals surface area contributed by atoms with Gasteiger partial charge in [0.2, 0.25) is 0 Å². The summed E-state index contributed by atoms with van der Waals surface area (Å²) < 4.78 is 0. The molecule has 0 saturated heterocycles. The van der Waals surface area contributed by atoms with E-state index in [1.54, 1.807) is 0 Å². The van der Waals surface area contributed by atoms with Crippen LogP contribution >= 0.6 is 0 Å². The summed E-state index contributed by atoms with van der Waals surface area (Å²) in [6.45, 7) is 4.75. The molecule has 0 N–H and O–H groups in total. The van der Waals surface area contributed by atoms with Gasteiger partial charge in [0.15, 0.2) is 17.5 Å². The fourth-order valence-electron chi connectivity index (χ4n) is 11.4. The molecule has 0 atom stereocenters. The monoisotopic (exact) mass is 841 g/mol. The highest BCUT2D eigenvalue weighted by atomic mass is 15.0. The smallest absolute Gasteiger partial charge is 0.164 e. The van der Waals surface area contributed by atoms with Crippen molar-refractivity contribution in [2.24, 2.45) is 0 Å². The minimum Gasteiger partial charge on any atom is -0.208 e. The van der Waals surface area contributed by atoms with Gasteiger partial charge in [0.25, 0.3) is 0 Å². The zero-order chi connectivity index (χ0) is 44.0. The van der Waals surface area contributed by atoms with Crippen molar-refractivity contribution in [3.05, 3.63) is 258 Å². The average molecular weight is 842 g/mol. The average Bonchev–Trinajstić information content (AvgIpc) is 3.68. The molecular weight excluding hydrogens is 799 g/mol. The molecule has 13 rings (SSSR count). The number of fused-ring (bicyclic) bond motifs is 12. The fourth-order valence-corrected chi connectivity index (χ4v) is 11.4. The Morgan fingerprint density at radius 1 is 0.288 bits per heavy atom. The lowest BCUT2D eigenvalue weighted by Gasteiger charge is -2.46. The van der Waals surface area contributed by atoms with Crippen LogP contribution in [0, 0.1) is 0 Å². The summed E-state index contributed by atoms with van der Waals surface area (Å²) in [5, 5.41) is 4.98. The van der Waals surface area contributed by atoms with Crippen molar-refractivity contribution in [2.75, 3.05) is 0 Å². The summed E-state index contributed by atoms with van der Waals surface area (Å²) in [6.07, 6.45) is 0. The van der Waals surface area contributed by atoms with Gasteiger partial charge in [-0.25, -0.2) is 15.0 Å². The van der Waals surface area contributed by atoms with E-state index >= 15 is 0 Å². The summed E-state index contributed by atoms with van der Waals surface area (Å²) >= 11 is 0. The van der Waals surface area contributed by atoms with Crippen molar-refractivity contribution in [1.82, 2.24) is 15.0 Å². The first kappa shape index (κ1) is 38.2. The van der Waals surface area contributed by atoms with Crippen LogP contribution in [0.25, 0.3) is 89.1 Å². The molecular formula is C63H43N3. The van der Waals surface area contributed by atoms with Crippen molar-refractivity contribution in [1.29, 1.82) is 0 Å². The third-order valence-electron chi connectivity index (χ3n) is 14.4. The molecule has 66 heavy (non-hydrogen) atoms. The van der Waals surface area contributed by atoms with Crippen molar-refractivity contribution < 1.29 is 0 Å². The van der Waals surface area contributed by atoms with E-state index in [2.05, 4.69) is 220 Å². The molecule has 0 aliphatic heterocycles. The summed E-state index contributed by atoms with van der Waals surface area (Å²) in [4.78, 5) is 16.0. The van der Waals surface area contributed by atoms with Crippen LogP contribution in [-0.4, -0.2) is 15.0 Å². The topological polar surface area (TPSA) is 38.7 Å². The third kappa shape index (κ3) is 5.60. The standard InChI is InChI=1S/C63H43N3/c1-62(2)53-27-13-15-29-55(53)63(56-30-16-14-28-54(56)62)52-37-36-45(50-38-44-22-9-10-23-46(44)47-24-11-12-25-48(47)50)39-51(52)58-49(26-17-31-57(58)63)61-65-59(42-20-7-4-8-21-42)64-60(66-61)43-34-32-41(33-35-43)40-18-5-3-6-19-40/h3-39H,1-2H3. The quantitative estimate of drug-likeness (QED) is 0.162. The SMILES string of the molecule is CC1(C)c2ccccc2C2(c3ccc(-c4cc5ccccc5c5ccccc45)cc3-c3c(-c4nc(-c5ccccc5)nc(-c5ccc(-c6ccccc6)cc5)n4)cccc32)c2ccccc21. The van der Waals surface area contributed by atoms with Crippen LogP contribution in [0.2, 0.25) is 0 Å². The number of hydrogen-bond donors (Lipinski definition) is 0. The zero-order valence-corrected chi connectivity index (χ0v) is 36.7. The van der Waals surface area contributed by atoms with Gasteiger partial charge in [-0.2, -0.15) is 0 Å². The predicted octanol–water partition coefficient (Wildman–Crippen LogP) is 15.5. The van der Waals surface area contributed by atoms with E-state index in [1.807, 2.05) is 18.2 Å². The number of nitrogens with zero attached hydrogens (tertiary/aromatic N) is 3. The van der Waals surface area contributed by atoms with E-state index in [0.717, 1.165) is 27.8 Å². The Hall–Kier alpha value is -8.27. The van der Waals surface area contributed by atoms with Crippen LogP contribution < -0.4 is 0 Å². The molecule has 10 aromatic carbocycles. The molecule has 3 nitrogen and oxygen atoms in total. The van der Waals surface area contributed by atoms with E-state index < -0.39 is 5.41 Å². The Labute approximate surface area is 384 Å². The van der Waals surface area contributed by atoms with Crippen LogP contribution in [0.3, 0.4) is 0 Å². The maximum Gasteiger partial charge on any atom is 0.164 e. The summed E-state index contributed by atoms with van der Waals surface area (Å²) in [5.41, 5.74) is 16.9. The summed E-state index contributed by atoms with van der Waals surface area (Å²) in [6, 6.07) is 81.6. The van der Waals surface area contributed by atoms with Gasteiger partial charge in [0.05, 0.1) is 5.41 Å². The molecule has 0 radical (unpaired) electrons. The normalized spacial score (nSPS) is 13.8. The second-order valence-corrected chi connectivity index (χ2v) is 18.3. The second-order valence-electron chi connectivity index (χ2n) is 18.3. The lowest BCUT2D eigenvalue weighted by Crippen LogP contribution is -2.40. The van der Waals surface area contributed by atoms with Gasteiger partial charge in [-0.15, -0.1) is 0 Å². The van der Waals surface area contributed by atoms with Gasteiger partial charge >= 0.3 is 0 Å². The largest absolute Gasteiger partial charge is 0.208 e. The third-order valence-corrected chi connectivity index (χ3v) is 14.4. The molecule has 3 heteroatoms. The second kappa shape index (κ2) is 14.6. The van der Waals surface area contributed by atoms with E-state index in [1.165, 1.54) is 77.2 Å². The van der Waals surface area contributed by atoms with E-state index in [-0.39, 0.29) is 5.41 Å². The molecule has 1 spiro atoms. The van der Waals surface area contributed by atoms with E-state index in [9.17, 15) is 0 Å². The van der Waals surface area contributed by atoms with Crippen molar-refractivity contribution >= 4 is 21.5 Å². The number of hydrogen-bond acceptors (Lipinski definition) is 3. The minimum atomic E-state index is -0.598. The molecule has 1 aromatic heterocycles. The highest BCUT2D eigenvalue weighted by Gasteiger charge is 2.54. The molecule has 0 fully saturated rings. The van der Waals surface area contributed by atoms with Crippen molar-refractivity contribution in [3.8, 4) is 67.5 Å². The molecule has 0 unspecified atom stereocenters. The minimum absolute atomic E-state index is 0.216. The van der Waals surface area contributed by atoms with Crippen LogP contribution in [0.4, 0.5) is 0 Å². The fraction of sp³-hybridized carbons (Fsp3) is 0.0635. The molecule has 0 saturated carbocycles. The summed E-state index contributed by atoms with van der Waals surface area (Å²) in [5.74, 6) is 1.92. The lowest BCUT2D eigenvalue weighted by molar-refractivity contribution is 0.563. The molecule has 310 valence electrons. The first-order valence-corrected chi connectivity index (χ1v) is 22.9. The van der Waals surface area contributed by atoms with E-state index in [0.29, 0.717) is 17.5 Å². The maximum absolute atomic E-state index is 5.43. The van der Waals surface area contributed by atoms with Gasteiger partial charge in [0, 0.05) is 22.1 Å². The first-order chi connectivity index (χ1) is 32.5. The van der Waals surface area contributed by atoms with Crippen LogP contribution in [0.5, 0.6) is 0 Å². The van der Waals surface area contributed by atoms with Gasteiger partial charge < -0.3 is 0 Å². The molecule has 0 bridgehead atoms.